The van der Waals surface area contributed by atoms with Crippen LogP contribution in [-0.4, -0.2) is 21.9 Å². The lowest BCUT2D eigenvalue weighted by Crippen LogP contribution is -2.43. The van der Waals surface area contributed by atoms with Gasteiger partial charge in [-0.1, -0.05) is 29.8 Å². The van der Waals surface area contributed by atoms with Crippen LogP contribution in [0.1, 0.15) is 37.7 Å². The van der Waals surface area contributed by atoms with Crippen molar-refractivity contribution in [1.29, 1.82) is 0 Å². The third-order valence-corrected chi connectivity index (χ3v) is 5.47. The Morgan fingerprint density at radius 2 is 2.00 bits per heavy atom. The second kappa shape index (κ2) is 7.32. The minimum Gasteiger partial charge on any atom is -0.378 e. The first-order valence-electron chi connectivity index (χ1n) is 9.41. The lowest BCUT2D eigenvalue weighted by atomic mass is 9.88. The van der Waals surface area contributed by atoms with Crippen molar-refractivity contribution in [3.63, 3.8) is 0 Å². The van der Waals surface area contributed by atoms with Crippen LogP contribution in [0.2, 0.25) is 5.02 Å². The summed E-state index contributed by atoms with van der Waals surface area (Å²) in [5.41, 5.74) is 4.96. The maximum absolute atomic E-state index is 12.5. The number of carbonyl (C=O) groups is 1. The molecule has 3 aromatic rings. The van der Waals surface area contributed by atoms with Gasteiger partial charge in [-0.3, -0.25) is 4.79 Å². The zero-order valence-electron chi connectivity index (χ0n) is 16.2. The number of carbonyl (C=O) groups excluding carboxylic acids is 1. The topological polar surface area (TPSA) is 61.0 Å². The summed E-state index contributed by atoms with van der Waals surface area (Å²) < 4.78 is 0. The summed E-state index contributed by atoms with van der Waals surface area (Å²) >= 11 is 6.02. The fraction of sp³-hybridized carbons (Fsp3) is 0.273. The van der Waals surface area contributed by atoms with Gasteiger partial charge in [0.1, 0.15) is 5.82 Å². The standard InChI is InChI=1S/C22H23ClN4O/c1-13-11-20(26-17-9-7-16(23)8-10-17)18-5-4-6-19(21-12-24-14(2)25-21)22(18)27(13)15(3)28/h4-10,12-13,20,26H,11H2,1-3H3,(H,24,25). The zero-order chi connectivity index (χ0) is 19.8. The Morgan fingerprint density at radius 1 is 1.25 bits per heavy atom. The largest absolute Gasteiger partial charge is 0.378 e. The lowest BCUT2D eigenvalue weighted by molar-refractivity contribution is -0.117. The lowest BCUT2D eigenvalue weighted by Gasteiger charge is -2.40. The molecule has 144 valence electrons. The van der Waals surface area contributed by atoms with Gasteiger partial charge in [0, 0.05) is 29.2 Å². The molecule has 1 amide bonds. The third kappa shape index (κ3) is 3.38. The second-order valence-electron chi connectivity index (χ2n) is 7.30. The molecule has 4 rings (SSSR count). The van der Waals surface area contributed by atoms with Gasteiger partial charge in [0.2, 0.25) is 5.91 Å². The van der Waals surface area contributed by atoms with Crippen molar-refractivity contribution in [2.75, 3.05) is 10.2 Å². The highest BCUT2D eigenvalue weighted by atomic mass is 35.5. The molecule has 1 aliphatic heterocycles. The summed E-state index contributed by atoms with van der Waals surface area (Å²) in [4.78, 5) is 22.1. The van der Waals surface area contributed by atoms with Crippen molar-refractivity contribution in [2.45, 2.75) is 39.3 Å². The molecule has 28 heavy (non-hydrogen) atoms. The molecule has 2 unspecified atom stereocenters. The number of nitrogens with zero attached hydrogens (tertiary/aromatic N) is 2. The van der Waals surface area contributed by atoms with Crippen molar-refractivity contribution in [3.8, 4) is 11.3 Å². The Hall–Kier alpha value is -2.79. The Labute approximate surface area is 169 Å². The van der Waals surface area contributed by atoms with E-state index in [1.54, 1.807) is 6.92 Å². The van der Waals surface area contributed by atoms with Gasteiger partial charge in [0.25, 0.3) is 0 Å². The molecule has 0 saturated heterocycles. The van der Waals surface area contributed by atoms with Gasteiger partial charge in [0.15, 0.2) is 0 Å². The molecule has 1 aliphatic rings. The number of benzene rings is 2. The molecule has 2 N–H and O–H groups in total. The number of nitrogens with one attached hydrogen (secondary N) is 2. The quantitative estimate of drug-likeness (QED) is 0.630. The average Bonchev–Trinajstić information content (AvgIpc) is 3.09. The first kappa shape index (κ1) is 18.6. The molecular weight excluding hydrogens is 372 g/mol. The van der Waals surface area contributed by atoms with E-state index in [0.29, 0.717) is 5.02 Å². The minimum atomic E-state index is 0.0439. The van der Waals surface area contributed by atoms with Crippen LogP contribution in [0, 0.1) is 6.92 Å². The Balaban J connectivity index is 1.82. The molecule has 5 nitrogen and oxygen atoms in total. The minimum absolute atomic E-state index is 0.0439. The van der Waals surface area contributed by atoms with E-state index in [2.05, 4.69) is 28.3 Å². The molecule has 6 heteroatoms. The number of fused-ring (bicyclic) bond motifs is 1. The maximum atomic E-state index is 12.5. The predicted molar refractivity (Wildman–Crippen MR) is 114 cm³/mol. The van der Waals surface area contributed by atoms with Gasteiger partial charge in [-0.05, 0) is 50.1 Å². The Bertz CT molecular complexity index is 1010. The summed E-state index contributed by atoms with van der Waals surface area (Å²) in [5.74, 6) is 0.893. The summed E-state index contributed by atoms with van der Waals surface area (Å²) in [6, 6.07) is 14.0. The SMILES string of the molecule is CC(=O)N1c2c(-c3cnc(C)[nH]3)cccc2C(Nc2ccc(Cl)cc2)CC1C. The third-order valence-electron chi connectivity index (χ3n) is 5.22. The van der Waals surface area contributed by atoms with E-state index in [9.17, 15) is 4.79 Å². The number of aryl methyl sites for hydroxylation is 1. The van der Waals surface area contributed by atoms with E-state index in [0.717, 1.165) is 40.4 Å². The van der Waals surface area contributed by atoms with Crippen LogP contribution in [0.25, 0.3) is 11.3 Å². The number of hydrogen-bond acceptors (Lipinski definition) is 3. The van der Waals surface area contributed by atoms with Crippen LogP contribution in [0.15, 0.2) is 48.7 Å². The van der Waals surface area contributed by atoms with Gasteiger partial charge in [-0.25, -0.2) is 4.98 Å². The average molecular weight is 395 g/mol. The number of hydrogen-bond donors (Lipinski definition) is 2. The first-order chi connectivity index (χ1) is 13.4. The van der Waals surface area contributed by atoms with Crippen LogP contribution in [-0.2, 0) is 4.79 Å². The zero-order valence-corrected chi connectivity index (χ0v) is 16.9. The van der Waals surface area contributed by atoms with Crippen molar-refractivity contribution >= 4 is 28.9 Å². The number of aromatic nitrogens is 2. The normalized spacial score (nSPS) is 18.6. The van der Waals surface area contributed by atoms with E-state index in [-0.39, 0.29) is 18.0 Å². The fourth-order valence-corrected chi connectivity index (χ4v) is 4.16. The van der Waals surface area contributed by atoms with Crippen LogP contribution in [0.5, 0.6) is 0 Å². The highest BCUT2D eigenvalue weighted by Gasteiger charge is 2.34. The van der Waals surface area contributed by atoms with Crippen molar-refractivity contribution < 1.29 is 4.79 Å². The molecule has 0 radical (unpaired) electrons. The smallest absolute Gasteiger partial charge is 0.224 e. The van der Waals surface area contributed by atoms with E-state index >= 15 is 0 Å². The van der Waals surface area contributed by atoms with E-state index < -0.39 is 0 Å². The Morgan fingerprint density at radius 3 is 2.64 bits per heavy atom. The molecule has 0 aliphatic carbocycles. The van der Waals surface area contributed by atoms with E-state index in [1.165, 1.54) is 0 Å². The van der Waals surface area contributed by atoms with Crippen LogP contribution in [0.3, 0.4) is 0 Å². The molecule has 0 fully saturated rings. The number of para-hydroxylation sites is 1. The number of halogens is 1. The number of amides is 1. The fourth-order valence-electron chi connectivity index (χ4n) is 4.03. The summed E-state index contributed by atoms with van der Waals surface area (Å²) in [6.07, 6.45) is 2.64. The predicted octanol–water partition coefficient (Wildman–Crippen LogP) is 5.34. The number of H-pyrrole nitrogens is 1. The molecular formula is C22H23ClN4O. The molecule has 1 aromatic heterocycles. The molecule has 2 aromatic carbocycles. The molecule has 0 saturated carbocycles. The van der Waals surface area contributed by atoms with Crippen LogP contribution < -0.4 is 10.2 Å². The summed E-state index contributed by atoms with van der Waals surface area (Å²) in [7, 11) is 0. The van der Waals surface area contributed by atoms with E-state index in [1.807, 2.05) is 54.4 Å². The highest BCUT2D eigenvalue weighted by molar-refractivity contribution is 6.30. The molecule has 0 spiro atoms. The number of anilines is 2. The number of aromatic amines is 1. The van der Waals surface area contributed by atoms with Crippen molar-refractivity contribution in [2.24, 2.45) is 0 Å². The molecule has 0 bridgehead atoms. The number of imidazole rings is 1. The molecule has 2 heterocycles. The Kier molecular flexibility index (Phi) is 4.85. The number of rotatable bonds is 3. The van der Waals surface area contributed by atoms with E-state index in [4.69, 9.17) is 11.6 Å². The van der Waals surface area contributed by atoms with Crippen LogP contribution >= 0.6 is 11.6 Å². The van der Waals surface area contributed by atoms with Gasteiger partial charge in [-0.2, -0.15) is 0 Å². The second-order valence-corrected chi connectivity index (χ2v) is 7.74. The monoisotopic (exact) mass is 394 g/mol. The van der Waals surface area contributed by atoms with Gasteiger partial charge in [0.05, 0.1) is 23.6 Å². The highest BCUT2D eigenvalue weighted by Crippen LogP contribution is 2.44. The first-order valence-corrected chi connectivity index (χ1v) is 9.78. The summed E-state index contributed by atoms with van der Waals surface area (Å²) in [5, 5.41) is 4.33. The van der Waals surface area contributed by atoms with Crippen molar-refractivity contribution in [1.82, 2.24) is 9.97 Å². The van der Waals surface area contributed by atoms with Gasteiger partial charge in [-0.15, -0.1) is 0 Å². The maximum Gasteiger partial charge on any atom is 0.224 e. The van der Waals surface area contributed by atoms with Gasteiger partial charge >= 0.3 is 0 Å². The van der Waals surface area contributed by atoms with Gasteiger partial charge < -0.3 is 15.2 Å². The summed E-state index contributed by atoms with van der Waals surface area (Å²) in [6.45, 7) is 5.65. The van der Waals surface area contributed by atoms with Crippen LogP contribution in [0.4, 0.5) is 11.4 Å². The molecule has 2 atom stereocenters. The van der Waals surface area contributed by atoms with Crippen molar-refractivity contribution in [3.05, 3.63) is 65.1 Å².